The van der Waals surface area contributed by atoms with Crippen molar-refractivity contribution in [3.8, 4) is 40.2 Å². The summed E-state index contributed by atoms with van der Waals surface area (Å²) in [5, 5.41) is 10.9. The Kier molecular flexibility index (Phi) is 7.64. The van der Waals surface area contributed by atoms with Crippen molar-refractivity contribution in [3.63, 3.8) is 0 Å². The molecule has 1 N–H and O–H groups in total. The molecule has 7 rings (SSSR count). The van der Waals surface area contributed by atoms with Gasteiger partial charge in [0.15, 0.2) is 28.7 Å². The zero-order valence-electron chi connectivity index (χ0n) is 25.6. The fraction of sp³-hybridized carbons (Fsp3) is 0.312. The number of nitrogens with zero attached hydrogens (tertiary/aromatic N) is 3. The van der Waals surface area contributed by atoms with Crippen molar-refractivity contribution < 1.29 is 55.9 Å². The monoisotopic (exact) mass is 668 g/mol. The number of benzene rings is 3. The first kappa shape index (κ1) is 31.0. The van der Waals surface area contributed by atoms with E-state index in [1.54, 1.807) is 24.3 Å². The van der Waals surface area contributed by atoms with Crippen LogP contribution in [0.25, 0.3) is 5.69 Å². The summed E-state index contributed by atoms with van der Waals surface area (Å²) in [6.45, 7) is 0.0132. The summed E-state index contributed by atoms with van der Waals surface area (Å²) in [6.07, 6.45) is -3.61. The van der Waals surface area contributed by atoms with Crippen molar-refractivity contribution in [1.82, 2.24) is 20.3 Å². The Balaban J connectivity index is 1.26. The van der Waals surface area contributed by atoms with Crippen molar-refractivity contribution >= 4 is 11.9 Å². The first-order valence-corrected chi connectivity index (χ1v) is 14.6. The van der Waals surface area contributed by atoms with Crippen molar-refractivity contribution in [2.45, 2.75) is 18.3 Å². The molecule has 1 amide bonds. The Morgan fingerprint density at radius 1 is 0.958 bits per heavy atom. The van der Waals surface area contributed by atoms with Gasteiger partial charge in [0.05, 0.1) is 51.8 Å². The largest absolute Gasteiger partial charge is 0.573 e. The van der Waals surface area contributed by atoms with E-state index >= 15 is 0 Å². The maximum absolute atomic E-state index is 13.7. The summed E-state index contributed by atoms with van der Waals surface area (Å²) in [5.41, 5.74) is 2.09. The number of halogens is 3. The van der Waals surface area contributed by atoms with Crippen LogP contribution in [-0.4, -0.2) is 68.0 Å². The molecule has 1 aromatic heterocycles. The number of rotatable bonds is 8. The van der Waals surface area contributed by atoms with Crippen LogP contribution in [0.2, 0.25) is 0 Å². The Hall–Kier alpha value is -5.67. The molecule has 250 valence electrons. The molecule has 4 atom stereocenters. The lowest BCUT2D eigenvalue weighted by molar-refractivity contribution is -0.274. The van der Waals surface area contributed by atoms with Crippen molar-refractivity contribution in [1.29, 1.82) is 0 Å². The molecule has 3 aromatic carbocycles. The van der Waals surface area contributed by atoms with E-state index in [9.17, 15) is 22.8 Å². The van der Waals surface area contributed by atoms with Crippen LogP contribution < -0.4 is 33.7 Å². The van der Waals surface area contributed by atoms with Crippen LogP contribution in [0.15, 0.2) is 54.7 Å². The number of nitrogens with one attached hydrogen (secondary N) is 1. The summed E-state index contributed by atoms with van der Waals surface area (Å²) in [7, 11) is 4.48. The molecule has 3 aliphatic rings. The van der Waals surface area contributed by atoms with E-state index in [0.29, 0.717) is 45.4 Å². The molecule has 2 aliphatic heterocycles. The number of esters is 1. The van der Waals surface area contributed by atoms with E-state index in [0.717, 1.165) is 16.8 Å². The molecule has 16 heteroatoms. The first-order chi connectivity index (χ1) is 23.1. The van der Waals surface area contributed by atoms with Gasteiger partial charge in [-0.3, -0.25) is 9.59 Å². The Bertz CT molecular complexity index is 1890. The number of methoxy groups -OCH3 is 3. The Labute approximate surface area is 270 Å². The second-order valence-corrected chi connectivity index (χ2v) is 11.1. The molecule has 13 nitrogen and oxygen atoms in total. The van der Waals surface area contributed by atoms with Crippen LogP contribution in [0.3, 0.4) is 0 Å². The highest BCUT2D eigenvalue weighted by atomic mass is 19.4. The zero-order valence-corrected chi connectivity index (χ0v) is 25.6. The highest BCUT2D eigenvalue weighted by Crippen LogP contribution is 2.55. The highest BCUT2D eigenvalue weighted by molar-refractivity contribution is 5.92. The number of hydrogen-bond donors (Lipinski definition) is 1. The summed E-state index contributed by atoms with van der Waals surface area (Å²) in [6, 6.07) is 11.4. The van der Waals surface area contributed by atoms with Gasteiger partial charge in [-0.05, 0) is 53.1 Å². The van der Waals surface area contributed by atoms with Crippen LogP contribution >= 0.6 is 0 Å². The quantitative estimate of drug-likeness (QED) is 0.268. The third-order valence-corrected chi connectivity index (χ3v) is 8.56. The molecular formula is C32H27F3N4O9. The number of ether oxygens (including phenoxy) is 7. The van der Waals surface area contributed by atoms with Gasteiger partial charge < -0.3 is 38.5 Å². The van der Waals surface area contributed by atoms with Gasteiger partial charge in [-0.1, -0.05) is 11.3 Å². The Morgan fingerprint density at radius 3 is 2.33 bits per heavy atom. The predicted molar refractivity (Wildman–Crippen MR) is 157 cm³/mol. The molecule has 1 fully saturated rings. The van der Waals surface area contributed by atoms with Gasteiger partial charge in [-0.2, -0.15) is 0 Å². The van der Waals surface area contributed by atoms with Crippen LogP contribution in [0.5, 0.6) is 34.5 Å². The maximum atomic E-state index is 13.7. The molecule has 0 spiro atoms. The van der Waals surface area contributed by atoms with E-state index in [2.05, 4.69) is 20.4 Å². The Morgan fingerprint density at radius 2 is 1.67 bits per heavy atom. The van der Waals surface area contributed by atoms with Gasteiger partial charge in [0.2, 0.25) is 12.5 Å². The summed E-state index contributed by atoms with van der Waals surface area (Å²) < 4.78 is 77.1. The first-order valence-electron chi connectivity index (χ1n) is 14.6. The second-order valence-electron chi connectivity index (χ2n) is 11.1. The molecule has 0 saturated carbocycles. The van der Waals surface area contributed by atoms with Gasteiger partial charge in [-0.25, -0.2) is 4.68 Å². The number of cyclic esters (lactones) is 1. The molecule has 1 saturated heterocycles. The van der Waals surface area contributed by atoms with Gasteiger partial charge in [-0.15, -0.1) is 18.3 Å². The number of alkyl halides is 3. The van der Waals surface area contributed by atoms with Crippen LogP contribution in [-0.2, 0) is 9.53 Å². The fourth-order valence-electron chi connectivity index (χ4n) is 6.56. The van der Waals surface area contributed by atoms with Crippen molar-refractivity contribution in [2.24, 2.45) is 11.8 Å². The van der Waals surface area contributed by atoms with Gasteiger partial charge in [0.25, 0.3) is 5.91 Å². The molecule has 1 aliphatic carbocycles. The minimum Gasteiger partial charge on any atom is -0.493 e. The minimum absolute atomic E-state index is 0.00266. The number of carbonyl (C=O) groups is 2. The normalized spacial score (nSPS) is 20.8. The lowest BCUT2D eigenvalue weighted by Gasteiger charge is -2.39. The molecule has 3 heterocycles. The number of carbonyl (C=O) groups excluding carboxylic acids is 2. The maximum Gasteiger partial charge on any atom is 0.573 e. The topological polar surface area (TPSA) is 141 Å². The third-order valence-electron chi connectivity index (χ3n) is 8.56. The smallest absolute Gasteiger partial charge is 0.493 e. The van der Waals surface area contributed by atoms with Gasteiger partial charge in [0.1, 0.15) is 5.75 Å². The van der Waals surface area contributed by atoms with Crippen molar-refractivity contribution in [2.75, 3.05) is 34.7 Å². The van der Waals surface area contributed by atoms with Gasteiger partial charge >= 0.3 is 12.3 Å². The molecule has 4 aromatic rings. The summed E-state index contributed by atoms with van der Waals surface area (Å²) in [4.78, 5) is 27.1. The standard InChI is InChI=1S/C32H27F3N4O9/c1-42-24-7-15(8-25(43-2)29(24)44-3)26-18-10-22-23(47-14-46-22)11-19(18)28(20-13-45-31(41)27(20)26)36-30(40)21-12-39(38-37-21)16-5-4-6-17(9-16)48-32(33,34)35/h4-12,20,26-28H,13-14H2,1-3H3,(H,36,40)/t20-,26+,27-,28+/m0/s1. The summed E-state index contributed by atoms with van der Waals surface area (Å²) >= 11 is 0. The zero-order chi connectivity index (χ0) is 33.7. The number of fused-ring (bicyclic) bond motifs is 3. The molecule has 0 unspecified atom stereocenters. The highest BCUT2D eigenvalue weighted by Gasteiger charge is 2.53. The molecule has 48 heavy (non-hydrogen) atoms. The number of amides is 1. The summed E-state index contributed by atoms with van der Waals surface area (Å²) in [5.74, 6) is -1.27. The average Bonchev–Trinajstić information content (AvgIpc) is 3.83. The lowest BCUT2D eigenvalue weighted by atomic mass is 9.65. The van der Waals surface area contributed by atoms with Crippen molar-refractivity contribution in [3.05, 3.63) is 77.1 Å². The lowest BCUT2D eigenvalue weighted by Crippen LogP contribution is -2.43. The SMILES string of the molecule is COc1cc([C@@H]2c3cc4c(cc3[C@@H](NC(=O)c3cn(-c5cccc(OC(F)(F)F)c5)nn3)[C@H]3COC(=O)[C@H]23)OCO4)cc(OC)c1OC. The van der Waals surface area contributed by atoms with E-state index in [1.807, 2.05) is 0 Å². The fourth-order valence-corrected chi connectivity index (χ4v) is 6.56. The van der Waals surface area contributed by atoms with E-state index in [-0.39, 0.29) is 24.8 Å². The van der Waals surface area contributed by atoms with Crippen LogP contribution in [0.4, 0.5) is 13.2 Å². The van der Waals surface area contributed by atoms with E-state index in [1.165, 1.54) is 39.7 Å². The van der Waals surface area contributed by atoms with Crippen LogP contribution in [0.1, 0.15) is 39.1 Å². The van der Waals surface area contributed by atoms with E-state index < -0.39 is 47.8 Å². The average molecular weight is 669 g/mol. The molecule has 0 radical (unpaired) electrons. The van der Waals surface area contributed by atoms with Gasteiger partial charge in [0, 0.05) is 17.9 Å². The third kappa shape index (κ3) is 5.42. The van der Waals surface area contributed by atoms with E-state index in [4.69, 9.17) is 28.4 Å². The molecular weight excluding hydrogens is 641 g/mol. The molecule has 0 bridgehead atoms. The number of hydrogen-bond acceptors (Lipinski definition) is 11. The number of aromatic nitrogens is 3. The second kappa shape index (κ2) is 11.8. The minimum atomic E-state index is -4.88. The predicted octanol–water partition coefficient (Wildman–Crippen LogP) is 4.33. The van der Waals surface area contributed by atoms with Crippen LogP contribution in [0, 0.1) is 11.8 Å².